The van der Waals surface area contributed by atoms with E-state index in [0.29, 0.717) is 28.2 Å². The topological polar surface area (TPSA) is 57.8 Å². The minimum absolute atomic E-state index is 0.264. The Hall–Kier alpha value is -2.04. The molecule has 1 aliphatic carbocycles. The highest BCUT2D eigenvalue weighted by molar-refractivity contribution is 5.88. The van der Waals surface area contributed by atoms with Gasteiger partial charge in [0, 0.05) is 18.8 Å². The van der Waals surface area contributed by atoms with E-state index in [1.807, 2.05) is 12.3 Å². The number of carboxylic acids is 1. The lowest BCUT2D eigenvalue weighted by atomic mass is 9.65. The summed E-state index contributed by atoms with van der Waals surface area (Å²) in [4.78, 5) is 18.4. The first kappa shape index (κ1) is 15.5. The van der Waals surface area contributed by atoms with Gasteiger partial charge >= 0.3 is 5.97 Å². The van der Waals surface area contributed by atoms with Gasteiger partial charge in [-0.2, -0.15) is 0 Å². The Bertz CT molecular complexity index is 838. The monoisotopic (exact) mass is 327 g/mol. The molecule has 2 atom stereocenters. The van der Waals surface area contributed by atoms with Gasteiger partial charge in [-0.3, -0.25) is 4.40 Å². The SMILES string of the molecule is Cc1nc2ccc(N3CC4(C)CC3CC(C)(C)C4)cn2c1C(=O)O. The molecule has 1 aliphatic heterocycles. The fourth-order valence-electron chi connectivity index (χ4n) is 5.34. The number of nitrogens with zero attached hydrogens (tertiary/aromatic N) is 3. The predicted octanol–water partition coefficient (Wildman–Crippen LogP) is 3.75. The van der Waals surface area contributed by atoms with Gasteiger partial charge in [0.2, 0.25) is 0 Å². The second-order valence-corrected chi connectivity index (χ2v) is 8.81. The van der Waals surface area contributed by atoms with E-state index >= 15 is 0 Å². The molecule has 5 nitrogen and oxygen atoms in total. The molecule has 5 heteroatoms. The van der Waals surface area contributed by atoms with Gasteiger partial charge < -0.3 is 10.0 Å². The van der Waals surface area contributed by atoms with Gasteiger partial charge in [-0.25, -0.2) is 9.78 Å². The smallest absolute Gasteiger partial charge is 0.354 e. The second kappa shape index (κ2) is 4.74. The minimum Gasteiger partial charge on any atom is -0.477 e. The average molecular weight is 327 g/mol. The van der Waals surface area contributed by atoms with Crippen molar-refractivity contribution in [2.45, 2.75) is 53.0 Å². The van der Waals surface area contributed by atoms with Crippen LogP contribution in [0, 0.1) is 17.8 Å². The summed E-state index contributed by atoms with van der Waals surface area (Å²) in [6, 6.07) is 4.56. The zero-order chi connectivity index (χ0) is 17.3. The maximum atomic E-state index is 11.6. The summed E-state index contributed by atoms with van der Waals surface area (Å²) in [5, 5.41) is 9.49. The number of aryl methyl sites for hydroxylation is 1. The van der Waals surface area contributed by atoms with Crippen molar-refractivity contribution < 1.29 is 9.90 Å². The first-order chi connectivity index (χ1) is 11.2. The van der Waals surface area contributed by atoms with Crippen LogP contribution in [-0.4, -0.2) is 33.0 Å². The molecule has 1 N–H and O–H groups in total. The van der Waals surface area contributed by atoms with Gasteiger partial charge in [-0.05, 0) is 49.1 Å². The number of carboxylic acid groups (broad SMARTS) is 1. The van der Waals surface area contributed by atoms with Gasteiger partial charge in [0.15, 0.2) is 5.69 Å². The molecule has 2 aromatic rings. The third kappa shape index (κ3) is 2.29. The zero-order valence-electron chi connectivity index (χ0n) is 14.8. The van der Waals surface area contributed by atoms with E-state index in [2.05, 4.69) is 36.7 Å². The van der Waals surface area contributed by atoms with Crippen LogP contribution < -0.4 is 4.90 Å². The molecule has 0 spiro atoms. The normalized spacial score (nSPS) is 28.5. The highest BCUT2D eigenvalue weighted by Crippen LogP contribution is 2.53. The molecule has 2 bridgehead atoms. The van der Waals surface area contributed by atoms with Crippen LogP contribution in [0.5, 0.6) is 0 Å². The van der Waals surface area contributed by atoms with Gasteiger partial charge in [-0.1, -0.05) is 20.8 Å². The molecule has 0 amide bonds. The van der Waals surface area contributed by atoms with Crippen LogP contribution in [0.25, 0.3) is 5.65 Å². The van der Waals surface area contributed by atoms with Crippen molar-refractivity contribution in [2.75, 3.05) is 11.4 Å². The van der Waals surface area contributed by atoms with Crippen LogP contribution in [0.15, 0.2) is 18.3 Å². The number of hydrogen-bond donors (Lipinski definition) is 1. The van der Waals surface area contributed by atoms with Crippen molar-refractivity contribution in [3.05, 3.63) is 29.7 Å². The predicted molar refractivity (Wildman–Crippen MR) is 93.8 cm³/mol. The number of imidazole rings is 1. The van der Waals surface area contributed by atoms with Crippen LogP contribution in [-0.2, 0) is 0 Å². The Morgan fingerprint density at radius 3 is 2.75 bits per heavy atom. The third-order valence-corrected chi connectivity index (χ3v) is 5.73. The van der Waals surface area contributed by atoms with Crippen molar-refractivity contribution in [3.63, 3.8) is 0 Å². The summed E-state index contributed by atoms with van der Waals surface area (Å²) >= 11 is 0. The van der Waals surface area contributed by atoms with Gasteiger partial charge in [0.05, 0.1) is 11.4 Å². The molecule has 0 aromatic carbocycles. The van der Waals surface area contributed by atoms with Crippen LogP contribution in [0.2, 0.25) is 0 Å². The van der Waals surface area contributed by atoms with Gasteiger partial charge in [-0.15, -0.1) is 0 Å². The lowest BCUT2D eigenvalue weighted by molar-refractivity contribution is 0.0688. The molecule has 4 rings (SSSR count). The summed E-state index contributed by atoms with van der Waals surface area (Å²) in [6.45, 7) is 9.92. The molecule has 128 valence electrons. The number of hydrogen-bond acceptors (Lipinski definition) is 3. The lowest BCUT2D eigenvalue weighted by Crippen LogP contribution is -2.34. The molecule has 2 fully saturated rings. The number of anilines is 1. The van der Waals surface area contributed by atoms with E-state index in [0.717, 1.165) is 12.2 Å². The van der Waals surface area contributed by atoms with Crippen LogP contribution in [0.1, 0.15) is 56.2 Å². The maximum Gasteiger partial charge on any atom is 0.354 e. The molecule has 24 heavy (non-hydrogen) atoms. The largest absolute Gasteiger partial charge is 0.477 e. The number of aromatic nitrogens is 2. The highest BCUT2D eigenvalue weighted by Gasteiger charge is 2.49. The zero-order valence-corrected chi connectivity index (χ0v) is 14.8. The van der Waals surface area contributed by atoms with Gasteiger partial charge in [0.25, 0.3) is 0 Å². The van der Waals surface area contributed by atoms with E-state index in [1.54, 1.807) is 11.3 Å². The summed E-state index contributed by atoms with van der Waals surface area (Å²) in [7, 11) is 0. The lowest BCUT2D eigenvalue weighted by Gasteiger charge is -2.39. The highest BCUT2D eigenvalue weighted by atomic mass is 16.4. The van der Waals surface area contributed by atoms with Gasteiger partial charge in [0.1, 0.15) is 5.65 Å². The molecule has 1 saturated carbocycles. The number of carbonyl (C=O) groups is 1. The number of fused-ring (bicyclic) bond motifs is 3. The molecule has 0 radical (unpaired) electrons. The number of rotatable bonds is 2. The standard InChI is InChI=1S/C19H25N3O2/c1-12-16(17(23)24)21-9-13(5-6-15(21)20-12)22-11-19(4)8-14(22)7-18(2,3)10-19/h5-6,9,14H,7-8,10-11H2,1-4H3,(H,23,24). The Labute approximate surface area is 142 Å². The Kier molecular flexibility index (Phi) is 3.06. The van der Waals surface area contributed by atoms with E-state index < -0.39 is 5.97 Å². The molecule has 2 aromatic heterocycles. The maximum absolute atomic E-state index is 11.6. The Morgan fingerprint density at radius 1 is 1.29 bits per heavy atom. The first-order valence-corrected chi connectivity index (χ1v) is 8.66. The van der Waals surface area contributed by atoms with Crippen molar-refractivity contribution in [3.8, 4) is 0 Å². The number of pyridine rings is 1. The minimum atomic E-state index is -0.926. The van der Waals surface area contributed by atoms with Crippen molar-refractivity contribution in [1.29, 1.82) is 0 Å². The van der Waals surface area contributed by atoms with E-state index in [1.165, 1.54) is 19.3 Å². The van der Waals surface area contributed by atoms with Crippen LogP contribution in [0.3, 0.4) is 0 Å². The molecular formula is C19H25N3O2. The molecule has 2 unspecified atom stereocenters. The van der Waals surface area contributed by atoms with E-state index in [9.17, 15) is 9.90 Å². The average Bonchev–Trinajstić information content (AvgIpc) is 2.89. The summed E-state index contributed by atoms with van der Waals surface area (Å²) < 4.78 is 1.72. The van der Waals surface area contributed by atoms with Crippen molar-refractivity contribution in [1.82, 2.24) is 9.38 Å². The van der Waals surface area contributed by atoms with Crippen LogP contribution in [0.4, 0.5) is 5.69 Å². The molecule has 1 saturated heterocycles. The Balaban J connectivity index is 1.78. The van der Waals surface area contributed by atoms with E-state index in [4.69, 9.17) is 0 Å². The van der Waals surface area contributed by atoms with Crippen molar-refractivity contribution >= 4 is 17.3 Å². The summed E-state index contributed by atoms with van der Waals surface area (Å²) in [5.41, 5.74) is 3.35. The van der Waals surface area contributed by atoms with Crippen molar-refractivity contribution in [2.24, 2.45) is 10.8 Å². The molecule has 2 aliphatic rings. The fourth-order valence-corrected chi connectivity index (χ4v) is 5.34. The Morgan fingerprint density at radius 2 is 2.04 bits per heavy atom. The quantitative estimate of drug-likeness (QED) is 0.913. The second-order valence-electron chi connectivity index (χ2n) is 8.81. The van der Waals surface area contributed by atoms with E-state index in [-0.39, 0.29) is 5.69 Å². The number of aromatic carboxylic acids is 1. The molecule has 3 heterocycles. The van der Waals surface area contributed by atoms with Crippen LogP contribution >= 0.6 is 0 Å². The summed E-state index contributed by atoms with van der Waals surface area (Å²) in [5.74, 6) is -0.926. The molecular weight excluding hydrogens is 302 g/mol. The summed E-state index contributed by atoms with van der Waals surface area (Å²) in [6.07, 6.45) is 5.62. The first-order valence-electron chi connectivity index (χ1n) is 8.66. The fraction of sp³-hybridized carbons (Fsp3) is 0.579. The third-order valence-electron chi connectivity index (χ3n) is 5.73.